The van der Waals surface area contributed by atoms with Crippen LogP contribution < -0.4 is 5.32 Å². The van der Waals surface area contributed by atoms with Crippen LogP contribution in [-0.2, 0) is 0 Å². The van der Waals surface area contributed by atoms with E-state index in [1.165, 1.54) is 13.0 Å². The van der Waals surface area contributed by atoms with Crippen LogP contribution >= 0.6 is 0 Å². The minimum absolute atomic E-state index is 0.0346. The molecule has 0 atom stereocenters. The van der Waals surface area contributed by atoms with Crippen molar-refractivity contribution in [3.63, 3.8) is 0 Å². The predicted molar refractivity (Wildman–Crippen MR) is 62.9 cm³/mol. The molecule has 0 heterocycles. The third-order valence-electron chi connectivity index (χ3n) is 2.58. The lowest BCUT2D eigenvalue weighted by atomic mass is 10.0. The number of aliphatic hydroxyl groups is 2. The van der Waals surface area contributed by atoms with Crippen molar-refractivity contribution in [2.75, 3.05) is 13.2 Å². The van der Waals surface area contributed by atoms with Gasteiger partial charge in [0.15, 0.2) is 0 Å². The number of carbonyl (C=O) groups excluding carboxylic acids is 1. The second-order valence-corrected chi connectivity index (χ2v) is 4.33. The molecule has 17 heavy (non-hydrogen) atoms. The van der Waals surface area contributed by atoms with Gasteiger partial charge in [-0.25, -0.2) is 0 Å². The quantitative estimate of drug-likeness (QED) is 0.603. The molecule has 0 unspecified atom stereocenters. The second-order valence-electron chi connectivity index (χ2n) is 4.33. The van der Waals surface area contributed by atoms with Gasteiger partial charge in [0.25, 0.3) is 5.91 Å². The van der Waals surface area contributed by atoms with Crippen LogP contribution in [0.4, 0.5) is 0 Å². The molecule has 1 rings (SSSR count). The average Bonchev–Trinajstić information content (AvgIpc) is 2.32. The Morgan fingerprint density at radius 2 is 1.94 bits per heavy atom. The summed E-state index contributed by atoms with van der Waals surface area (Å²) >= 11 is 0. The van der Waals surface area contributed by atoms with Crippen LogP contribution in [0.1, 0.15) is 22.8 Å². The van der Waals surface area contributed by atoms with E-state index in [0.29, 0.717) is 5.56 Å². The zero-order chi connectivity index (χ0) is 13.1. The molecule has 1 amide bonds. The van der Waals surface area contributed by atoms with E-state index in [1.54, 1.807) is 19.1 Å². The monoisotopic (exact) mass is 239 g/mol. The van der Waals surface area contributed by atoms with Crippen molar-refractivity contribution in [1.82, 2.24) is 5.32 Å². The number of hydrogen-bond donors (Lipinski definition) is 4. The number of amides is 1. The maximum absolute atomic E-state index is 11.8. The Morgan fingerprint density at radius 3 is 2.41 bits per heavy atom. The summed E-state index contributed by atoms with van der Waals surface area (Å²) in [5.74, 6) is -0.418. The minimum atomic E-state index is -1.07. The number of benzene rings is 1. The third-order valence-corrected chi connectivity index (χ3v) is 2.58. The van der Waals surface area contributed by atoms with Gasteiger partial charge in [-0.1, -0.05) is 6.07 Å². The van der Waals surface area contributed by atoms with E-state index < -0.39 is 11.4 Å². The molecule has 1 aromatic carbocycles. The van der Waals surface area contributed by atoms with Gasteiger partial charge in [-0.2, -0.15) is 0 Å². The van der Waals surface area contributed by atoms with Crippen molar-refractivity contribution in [3.8, 4) is 5.75 Å². The van der Waals surface area contributed by atoms with Crippen LogP contribution in [0.15, 0.2) is 18.2 Å². The van der Waals surface area contributed by atoms with Gasteiger partial charge < -0.3 is 20.6 Å². The van der Waals surface area contributed by atoms with Crippen LogP contribution in [0.5, 0.6) is 5.75 Å². The number of phenolic OH excluding ortho intramolecular Hbond substituents is 1. The highest BCUT2D eigenvalue weighted by Gasteiger charge is 2.25. The number of nitrogens with one attached hydrogen (secondary N) is 1. The molecule has 1 aromatic rings. The van der Waals surface area contributed by atoms with E-state index >= 15 is 0 Å². The summed E-state index contributed by atoms with van der Waals surface area (Å²) in [6.07, 6.45) is 0. The van der Waals surface area contributed by atoms with Gasteiger partial charge in [0.1, 0.15) is 5.75 Å². The molecule has 0 aliphatic heterocycles. The molecule has 0 spiro atoms. The van der Waals surface area contributed by atoms with Crippen molar-refractivity contribution >= 4 is 5.91 Å². The highest BCUT2D eigenvalue weighted by molar-refractivity contribution is 5.95. The van der Waals surface area contributed by atoms with Gasteiger partial charge in [0.2, 0.25) is 0 Å². The Labute approximate surface area is 99.7 Å². The molecule has 5 nitrogen and oxygen atoms in total. The first-order valence-electron chi connectivity index (χ1n) is 5.26. The van der Waals surface area contributed by atoms with E-state index in [1.807, 2.05) is 0 Å². The first-order valence-corrected chi connectivity index (χ1v) is 5.26. The predicted octanol–water partition coefficient (Wildman–Crippen LogP) is 0.174. The number of aliphatic hydroxyl groups excluding tert-OH is 2. The molecule has 0 saturated heterocycles. The van der Waals surface area contributed by atoms with E-state index in [0.717, 1.165) is 0 Å². The van der Waals surface area contributed by atoms with Crippen molar-refractivity contribution < 1.29 is 20.1 Å². The van der Waals surface area contributed by atoms with Gasteiger partial charge >= 0.3 is 0 Å². The summed E-state index contributed by atoms with van der Waals surface area (Å²) in [7, 11) is 0. The Morgan fingerprint density at radius 1 is 1.35 bits per heavy atom. The van der Waals surface area contributed by atoms with Gasteiger partial charge in [-0.3, -0.25) is 4.79 Å². The molecule has 0 fully saturated rings. The molecule has 94 valence electrons. The SMILES string of the molecule is Cc1ccc(C(=O)NC(C)(CO)CO)cc1O. The number of phenols is 1. The Kier molecular flexibility index (Phi) is 4.09. The van der Waals surface area contributed by atoms with Crippen LogP contribution in [0.3, 0.4) is 0 Å². The summed E-state index contributed by atoms with van der Waals surface area (Å²) in [6.45, 7) is 2.52. The first kappa shape index (κ1) is 13.5. The lowest BCUT2D eigenvalue weighted by Gasteiger charge is -2.26. The van der Waals surface area contributed by atoms with E-state index in [-0.39, 0.29) is 24.5 Å². The summed E-state index contributed by atoms with van der Waals surface area (Å²) in [5, 5.41) is 30.1. The number of aryl methyl sites for hydroxylation is 1. The highest BCUT2D eigenvalue weighted by atomic mass is 16.3. The fourth-order valence-electron chi connectivity index (χ4n) is 1.23. The number of rotatable bonds is 4. The van der Waals surface area contributed by atoms with Gasteiger partial charge in [-0.15, -0.1) is 0 Å². The third kappa shape index (κ3) is 3.18. The molecule has 0 aliphatic rings. The van der Waals surface area contributed by atoms with E-state index in [9.17, 15) is 9.90 Å². The molecule has 0 aromatic heterocycles. The maximum atomic E-state index is 11.8. The van der Waals surface area contributed by atoms with Gasteiger partial charge in [-0.05, 0) is 31.5 Å². The number of carbonyl (C=O) groups is 1. The topological polar surface area (TPSA) is 89.8 Å². The summed E-state index contributed by atoms with van der Waals surface area (Å²) in [6, 6.07) is 4.54. The Hall–Kier alpha value is -1.59. The largest absolute Gasteiger partial charge is 0.508 e. The van der Waals surface area contributed by atoms with Crippen molar-refractivity contribution in [2.45, 2.75) is 19.4 Å². The Bertz CT molecular complexity index is 413. The molecular weight excluding hydrogens is 222 g/mol. The van der Waals surface area contributed by atoms with Crippen LogP contribution in [-0.4, -0.2) is 40.0 Å². The molecule has 5 heteroatoms. The minimum Gasteiger partial charge on any atom is -0.508 e. The van der Waals surface area contributed by atoms with Gasteiger partial charge in [0, 0.05) is 5.56 Å². The van der Waals surface area contributed by atoms with Crippen molar-refractivity contribution in [2.24, 2.45) is 0 Å². The summed E-state index contributed by atoms with van der Waals surface area (Å²) < 4.78 is 0. The maximum Gasteiger partial charge on any atom is 0.251 e. The zero-order valence-electron chi connectivity index (χ0n) is 9.90. The molecule has 0 bridgehead atoms. The lowest BCUT2D eigenvalue weighted by Crippen LogP contribution is -2.51. The number of aromatic hydroxyl groups is 1. The van der Waals surface area contributed by atoms with Crippen LogP contribution in [0.25, 0.3) is 0 Å². The van der Waals surface area contributed by atoms with E-state index in [4.69, 9.17) is 10.2 Å². The first-order chi connectivity index (χ1) is 7.91. The fourth-order valence-corrected chi connectivity index (χ4v) is 1.23. The van der Waals surface area contributed by atoms with Crippen LogP contribution in [0, 0.1) is 6.92 Å². The molecular formula is C12H17NO4. The second kappa shape index (κ2) is 5.16. The van der Waals surface area contributed by atoms with Crippen molar-refractivity contribution in [1.29, 1.82) is 0 Å². The average molecular weight is 239 g/mol. The molecule has 0 radical (unpaired) electrons. The highest BCUT2D eigenvalue weighted by Crippen LogP contribution is 2.17. The van der Waals surface area contributed by atoms with Gasteiger partial charge in [0.05, 0.1) is 18.8 Å². The Balaban J connectivity index is 2.86. The smallest absolute Gasteiger partial charge is 0.251 e. The standard InChI is InChI=1S/C12H17NO4/c1-8-3-4-9(5-10(8)16)11(17)13-12(2,6-14)7-15/h3-5,14-16H,6-7H2,1-2H3,(H,13,17). The zero-order valence-corrected chi connectivity index (χ0v) is 9.90. The summed E-state index contributed by atoms with van der Waals surface area (Å²) in [4.78, 5) is 11.8. The fraction of sp³-hybridized carbons (Fsp3) is 0.417. The molecule has 0 aliphatic carbocycles. The normalized spacial score (nSPS) is 11.3. The number of hydrogen-bond acceptors (Lipinski definition) is 4. The van der Waals surface area contributed by atoms with Crippen LogP contribution in [0.2, 0.25) is 0 Å². The molecule has 0 saturated carbocycles. The molecule has 4 N–H and O–H groups in total. The van der Waals surface area contributed by atoms with E-state index in [2.05, 4.69) is 5.32 Å². The summed E-state index contributed by atoms with van der Waals surface area (Å²) in [5.41, 5.74) is -0.118. The van der Waals surface area contributed by atoms with Crippen molar-refractivity contribution in [3.05, 3.63) is 29.3 Å². The lowest BCUT2D eigenvalue weighted by molar-refractivity contribution is 0.0723.